The van der Waals surface area contributed by atoms with Gasteiger partial charge in [-0.3, -0.25) is 4.79 Å². The fraction of sp³-hybridized carbons (Fsp3) is 0.308. The predicted octanol–water partition coefficient (Wildman–Crippen LogP) is 0.989. The number of fused-ring (bicyclic) bond motifs is 1. The highest BCUT2D eigenvalue weighted by Gasteiger charge is 2.43. The highest BCUT2D eigenvalue weighted by Crippen LogP contribution is 2.29. The smallest absolute Gasteiger partial charge is 0.262 e. The largest absolute Gasteiger partial charge is 0.457 e. The van der Waals surface area contributed by atoms with Crippen LogP contribution in [0.1, 0.15) is 5.76 Å². The standard InChI is InChI=1S/C26H27N3O7/c1-29(2)18-6-5-14-9-16(4-3-15(14)10-18)20-8-7-19(35-20)11-17(12-27)25(33)28-13-21-22(30)23(31)24(32)26(34)36-21/h3-11,21-24,26,30-32,34H,13H2,1-2H3,(H,28,33)/b17-11+/t21-,22-,23+,24-,26?/m1/s1. The summed E-state index contributed by atoms with van der Waals surface area (Å²) in [6.45, 7) is -0.310. The lowest BCUT2D eigenvalue weighted by Crippen LogP contribution is -2.60. The van der Waals surface area contributed by atoms with Crippen molar-refractivity contribution in [3.63, 3.8) is 0 Å². The highest BCUT2D eigenvalue weighted by molar-refractivity contribution is 6.01. The number of anilines is 1. The Kier molecular flexibility index (Phi) is 7.40. The summed E-state index contributed by atoms with van der Waals surface area (Å²) < 4.78 is 10.9. The molecule has 5 N–H and O–H groups in total. The van der Waals surface area contributed by atoms with Gasteiger partial charge in [0.25, 0.3) is 5.91 Å². The van der Waals surface area contributed by atoms with Crippen molar-refractivity contribution in [1.82, 2.24) is 5.32 Å². The third kappa shape index (κ3) is 5.26. The summed E-state index contributed by atoms with van der Waals surface area (Å²) in [5, 5.41) is 52.9. The molecule has 0 radical (unpaired) electrons. The van der Waals surface area contributed by atoms with Crippen molar-refractivity contribution < 1.29 is 34.4 Å². The zero-order valence-electron chi connectivity index (χ0n) is 19.7. The SMILES string of the molecule is CN(C)c1ccc2cc(-c3ccc(/C=C(\C#N)C(=O)NC[C@H]4OC(O)[C@H](O)[C@@H](O)[C@@H]4O)o3)ccc2c1. The van der Waals surface area contributed by atoms with Crippen molar-refractivity contribution in [2.75, 3.05) is 25.5 Å². The number of aliphatic hydroxyl groups is 4. The normalized spacial score (nSPS) is 24.4. The molecule has 0 spiro atoms. The number of carbonyl (C=O) groups is 1. The summed E-state index contributed by atoms with van der Waals surface area (Å²) in [5.41, 5.74) is 1.68. The van der Waals surface area contributed by atoms with E-state index in [1.807, 2.05) is 49.3 Å². The minimum Gasteiger partial charge on any atom is -0.457 e. The fourth-order valence-electron chi connectivity index (χ4n) is 3.93. The zero-order chi connectivity index (χ0) is 26.0. The first-order valence-corrected chi connectivity index (χ1v) is 11.3. The molecule has 0 aliphatic carbocycles. The van der Waals surface area contributed by atoms with Crippen LogP contribution in [0, 0.1) is 11.3 Å². The maximum atomic E-state index is 12.5. The second-order valence-corrected chi connectivity index (χ2v) is 8.76. The van der Waals surface area contributed by atoms with E-state index < -0.39 is 36.6 Å². The number of aliphatic hydroxyl groups excluding tert-OH is 4. The van der Waals surface area contributed by atoms with E-state index in [4.69, 9.17) is 9.15 Å². The van der Waals surface area contributed by atoms with Crippen molar-refractivity contribution in [1.29, 1.82) is 5.26 Å². The Morgan fingerprint density at radius 2 is 1.75 bits per heavy atom. The Balaban J connectivity index is 1.46. The predicted molar refractivity (Wildman–Crippen MR) is 131 cm³/mol. The van der Waals surface area contributed by atoms with Gasteiger partial charge in [-0.2, -0.15) is 5.26 Å². The minimum absolute atomic E-state index is 0.253. The van der Waals surface area contributed by atoms with Gasteiger partial charge in [-0.15, -0.1) is 0 Å². The average Bonchev–Trinajstić information content (AvgIpc) is 3.35. The maximum absolute atomic E-state index is 12.5. The molecule has 1 aliphatic heterocycles. The number of amides is 1. The molecular weight excluding hydrogens is 466 g/mol. The number of hydrogen-bond donors (Lipinski definition) is 5. The molecule has 5 atom stereocenters. The third-order valence-corrected chi connectivity index (χ3v) is 6.05. The van der Waals surface area contributed by atoms with Gasteiger partial charge in [-0.25, -0.2) is 0 Å². The molecule has 3 aromatic rings. The zero-order valence-corrected chi connectivity index (χ0v) is 19.7. The first-order valence-electron chi connectivity index (χ1n) is 11.3. The Bertz CT molecular complexity index is 1330. The van der Waals surface area contributed by atoms with E-state index in [1.165, 1.54) is 6.08 Å². The maximum Gasteiger partial charge on any atom is 0.262 e. The van der Waals surface area contributed by atoms with Gasteiger partial charge in [0, 0.05) is 38.0 Å². The highest BCUT2D eigenvalue weighted by atomic mass is 16.6. The first kappa shape index (κ1) is 25.4. The van der Waals surface area contributed by atoms with E-state index in [9.17, 15) is 30.5 Å². The van der Waals surface area contributed by atoms with Crippen LogP contribution in [-0.2, 0) is 9.53 Å². The topological polar surface area (TPSA) is 159 Å². The summed E-state index contributed by atoms with van der Waals surface area (Å²) >= 11 is 0. The summed E-state index contributed by atoms with van der Waals surface area (Å²) in [4.78, 5) is 14.5. The minimum atomic E-state index is -1.72. The van der Waals surface area contributed by atoms with Gasteiger partial charge in [0.2, 0.25) is 0 Å². The molecule has 2 aromatic carbocycles. The van der Waals surface area contributed by atoms with Crippen LogP contribution in [0.15, 0.2) is 58.5 Å². The molecule has 0 bridgehead atoms. The van der Waals surface area contributed by atoms with Crippen molar-refractivity contribution in [2.45, 2.75) is 30.7 Å². The van der Waals surface area contributed by atoms with Crippen molar-refractivity contribution in [3.8, 4) is 17.4 Å². The van der Waals surface area contributed by atoms with Gasteiger partial charge < -0.3 is 39.8 Å². The molecule has 1 aromatic heterocycles. The molecule has 1 amide bonds. The summed E-state index contributed by atoms with van der Waals surface area (Å²) in [6, 6.07) is 17.3. The fourth-order valence-corrected chi connectivity index (χ4v) is 3.93. The Labute approximate surface area is 207 Å². The monoisotopic (exact) mass is 493 g/mol. The number of carbonyl (C=O) groups excluding carboxylic acids is 1. The number of nitrogens with one attached hydrogen (secondary N) is 1. The van der Waals surface area contributed by atoms with E-state index in [2.05, 4.69) is 11.4 Å². The molecule has 2 heterocycles. The van der Waals surface area contributed by atoms with Gasteiger partial charge in [0.05, 0.1) is 0 Å². The quantitative estimate of drug-likeness (QED) is 0.249. The lowest BCUT2D eigenvalue weighted by atomic mass is 9.99. The van der Waals surface area contributed by atoms with Crippen LogP contribution < -0.4 is 10.2 Å². The molecular formula is C26H27N3O7. The van der Waals surface area contributed by atoms with Crippen LogP contribution in [0.5, 0.6) is 0 Å². The van der Waals surface area contributed by atoms with Crippen LogP contribution in [0.4, 0.5) is 5.69 Å². The van der Waals surface area contributed by atoms with Crippen molar-refractivity contribution in [3.05, 3.63) is 59.9 Å². The van der Waals surface area contributed by atoms with Gasteiger partial charge in [-0.05, 0) is 41.1 Å². The van der Waals surface area contributed by atoms with E-state index in [-0.39, 0.29) is 12.1 Å². The molecule has 10 heteroatoms. The summed E-state index contributed by atoms with van der Waals surface area (Å²) in [5.74, 6) is 0.101. The number of rotatable bonds is 6. The average molecular weight is 494 g/mol. The van der Waals surface area contributed by atoms with Crippen LogP contribution >= 0.6 is 0 Å². The van der Waals surface area contributed by atoms with Gasteiger partial charge in [0.1, 0.15) is 47.6 Å². The number of hydrogen-bond acceptors (Lipinski definition) is 9. The van der Waals surface area contributed by atoms with Gasteiger partial charge >= 0.3 is 0 Å². The van der Waals surface area contributed by atoms with E-state index in [0.717, 1.165) is 22.0 Å². The second-order valence-electron chi connectivity index (χ2n) is 8.76. The molecule has 1 aliphatic rings. The molecule has 0 saturated carbocycles. The number of benzene rings is 2. The number of furan rings is 1. The van der Waals surface area contributed by atoms with Crippen LogP contribution in [0.25, 0.3) is 28.2 Å². The van der Waals surface area contributed by atoms with E-state index >= 15 is 0 Å². The van der Waals surface area contributed by atoms with E-state index in [1.54, 1.807) is 18.2 Å². The Morgan fingerprint density at radius 1 is 1.03 bits per heavy atom. The Hall–Kier alpha value is -3.72. The van der Waals surface area contributed by atoms with E-state index in [0.29, 0.717) is 11.5 Å². The molecule has 4 rings (SSSR count). The lowest BCUT2D eigenvalue weighted by molar-refractivity contribution is -0.280. The number of ether oxygens (including phenoxy) is 1. The van der Waals surface area contributed by atoms with Crippen LogP contribution in [-0.4, -0.2) is 77.7 Å². The number of nitrogens with zero attached hydrogens (tertiary/aromatic N) is 2. The van der Waals surface area contributed by atoms with Crippen LogP contribution in [0.2, 0.25) is 0 Å². The molecule has 1 unspecified atom stereocenters. The van der Waals surface area contributed by atoms with Crippen LogP contribution in [0.3, 0.4) is 0 Å². The third-order valence-electron chi connectivity index (χ3n) is 6.05. The summed E-state index contributed by atoms with van der Waals surface area (Å²) in [6.07, 6.45) is -6.47. The van der Waals surface area contributed by atoms with Crippen molar-refractivity contribution >= 4 is 28.4 Å². The van der Waals surface area contributed by atoms with Crippen molar-refractivity contribution in [2.24, 2.45) is 0 Å². The molecule has 1 fully saturated rings. The molecule has 1 saturated heterocycles. The van der Waals surface area contributed by atoms with Gasteiger partial charge in [-0.1, -0.05) is 18.2 Å². The second kappa shape index (κ2) is 10.5. The summed E-state index contributed by atoms with van der Waals surface area (Å²) in [7, 11) is 3.97. The first-order chi connectivity index (χ1) is 17.2. The molecule has 188 valence electrons. The lowest BCUT2D eigenvalue weighted by Gasteiger charge is -2.38. The number of nitriles is 1. The Morgan fingerprint density at radius 3 is 2.47 bits per heavy atom. The molecule has 36 heavy (non-hydrogen) atoms. The van der Waals surface area contributed by atoms with Gasteiger partial charge in [0.15, 0.2) is 6.29 Å². The molecule has 10 nitrogen and oxygen atoms in total.